The molecule has 1 aromatic carbocycles. The van der Waals surface area contributed by atoms with E-state index in [1.165, 1.54) is 22.8 Å². The van der Waals surface area contributed by atoms with Gasteiger partial charge in [0.15, 0.2) is 0 Å². The van der Waals surface area contributed by atoms with E-state index >= 15 is 0 Å². The Morgan fingerprint density at radius 3 is 2.82 bits per heavy atom. The molecule has 2 aromatic rings. The zero-order valence-electron chi connectivity index (χ0n) is 10.1. The zero-order chi connectivity index (χ0) is 12.3. The molecule has 0 bridgehead atoms. The third-order valence-corrected chi connectivity index (χ3v) is 3.27. The first kappa shape index (κ1) is 11.9. The van der Waals surface area contributed by atoms with Crippen LogP contribution in [0, 0.1) is 6.92 Å². The Bertz CT molecular complexity index is 495. The van der Waals surface area contributed by atoms with Gasteiger partial charge in [0.2, 0.25) is 0 Å². The van der Waals surface area contributed by atoms with Crippen molar-refractivity contribution < 1.29 is 0 Å². The van der Waals surface area contributed by atoms with Gasteiger partial charge >= 0.3 is 0 Å². The van der Waals surface area contributed by atoms with Crippen molar-refractivity contribution in [3.63, 3.8) is 0 Å². The average Bonchev–Trinajstić information content (AvgIpc) is 2.71. The number of nitrogen functional groups attached to an aromatic ring is 1. The van der Waals surface area contributed by atoms with Gasteiger partial charge in [-0.2, -0.15) is 0 Å². The fraction of sp³-hybridized carbons (Fsp3) is 0.333. The number of aryl methyl sites for hydroxylation is 1. The summed E-state index contributed by atoms with van der Waals surface area (Å²) in [5, 5.41) is 4.76. The van der Waals surface area contributed by atoms with Crippen LogP contribution in [0.1, 0.15) is 18.2 Å². The Morgan fingerprint density at radius 2 is 2.24 bits per heavy atom. The molecule has 0 amide bonds. The molecule has 90 valence electrons. The van der Waals surface area contributed by atoms with Crippen LogP contribution in [0.4, 0.5) is 10.7 Å². The first-order chi connectivity index (χ1) is 8.20. The zero-order valence-corrected chi connectivity index (χ0v) is 10.9. The van der Waals surface area contributed by atoms with Crippen LogP contribution in [0.2, 0.25) is 0 Å². The number of anilines is 2. The molecule has 0 aliphatic heterocycles. The van der Waals surface area contributed by atoms with Crippen molar-refractivity contribution in [2.24, 2.45) is 0 Å². The molecule has 0 radical (unpaired) electrons. The third kappa shape index (κ3) is 2.74. The molecule has 2 N–H and O–H groups in total. The maximum atomic E-state index is 5.82. The molecule has 5 heteroatoms. The largest absolute Gasteiger partial charge is 0.388 e. The normalized spacial score (nSPS) is 10.5. The van der Waals surface area contributed by atoms with Gasteiger partial charge in [0, 0.05) is 23.8 Å². The highest BCUT2D eigenvalue weighted by atomic mass is 32.1. The highest BCUT2D eigenvalue weighted by Crippen LogP contribution is 2.21. The Balaban J connectivity index is 2.20. The number of benzene rings is 1. The summed E-state index contributed by atoms with van der Waals surface area (Å²) < 4.78 is 3.86. The van der Waals surface area contributed by atoms with E-state index in [-0.39, 0.29) is 0 Å². The number of hydrogen-bond acceptors (Lipinski definition) is 5. The molecule has 0 saturated carbocycles. The molecule has 0 aliphatic rings. The van der Waals surface area contributed by atoms with Gasteiger partial charge in [-0.1, -0.05) is 16.6 Å². The van der Waals surface area contributed by atoms with Gasteiger partial charge in [0.25, 0.3) is 0 Å². The summed E-state index contributed by atoms with van der Waals surface area (Å²) in [7, 11) is 0. The number of hydrogen-bond donors (Lipinski definition) is 1. The van der Waals surface area contributed by atoms with Gasteiger partial charge in [0.05, 0.1) is 6.54 Å². The minimum atomic E-state index is 0.705. The molecule has 4 nitrogen and oxygen atoms in total. The topological polar surface area (TPSA) is 55.0 Å². The predicted molar refractivity (Wildman–Crippen MR) is 72.2 cm³/mol. The van der Waals surface area contributed by atoms with Gasteiger partial charge < -0.3 is 10.6 Å². The van der Waals surface area contributed by atoms with Crippen molar-refractivity contribution in [1.29, 1.82) is 0 Å². The second-order valence-electron chi connectivity index (χ2n) is 3.94. The summed E-state index contributed by atoms with van der Waals surface area (Å²) in [5.74, 6) is 0. The lowest BCUT2D eigenvalue weighted by Gasteiger charge is -2.22. The molecule has 1 aromatic heterocycles. The Hall–Kier alpha value is -1.62. The number of nitrogens with zero attached hydrogens (tertiary/aromatic N) is 3. The first-order valence-electron chi connectivity index (χ1n) is 5.59. The van der Waals surface area contributed by atoms with Gasteiger partial charge in [-0.25, -0.2) is 0 Å². The number of rotatable bonds is 4. The van der Waals surface area contributed by atoms with E-state index in [1.807, 2.05) is 0 Å². The van der Waals surface area contributed by atoms with Crippen LogP contribution < -0.4 is 10.6 Å². The lowest BCUT2D eigenvalue weighted by Crippen LogP contribution is -2.22. The second kappa shape index (κ2) is 5.14. The van der Waals surface area contributed by atoms with E-state index in [1.54, 1.807) is 0 Å². The SMILES string of the molecule is CCN(Cc1nnsc1N)c1cccc(C)c1. The van der Waals surface area contributed by atoms with Crippen LogP contribution in [-0.2, 0) is 6.54 Å². The van der Waals surface area contributed by atoms with Gasteiger partial charge in [-0.05, 0) is 31.5 Å². The van der Waals surface area contributed by atoms with Crippen LogP contribution >= 0.6 is 11.5 Å². The van der Waals surface area contributed by atoms with Crippen LogP contribution in [0.15, 0.2) is 24.3 Å². The van der Waals surface area contributed by atoms with E-state index in [4.69, 9.17) is 5.73 Å². The van der Waals surface area contributed by atoms with Crippen LogP contribution in [0.25, 0.3) is 0 Å². The quantitative estimate of drug-likeness (QED) is 0.903. The standard InChI is InChI=1S/C12H16N4S/c1-3-16(8-11-12(13)17-15-14-11)10-6-4-5-9(2)7-10/h4-7H,3,8,13H2,1-2H3. The Kier molecular flexibility index (Phi) is 3.58. The van der Waals surface area contributed by atoms with Crippen molar-refractivity contribution in [3.8, 4) is 0 Å². The fourth-order valence-electron chi connectivity index (χ4n) is 1.72. The lowest BCUT2D eigenvalue weighted by molar-refractivity contribution is 0.805. The predicted octanol–water partition coefficient (Wildman–Crippen LogP) is 2.46. The molecule has 1 heterocycles. The fourth-order valence-corrected chi connectivity index (χ4v) is 2.15. The summed E-state index contributed by atoms with van der Waals surface area (Å²) in [6, 6.07) is 8.43. The number of nitrogens with two attached hydrogens (primary N) is 1. The third-order valence-electron chi connectivity index (χ3n) is 2.67. The maximum Gasteiger partial charge on any atom is 0.132 e. The van der Waals surface area contributed by atoms with Crippen molar-refractivity contribution in [2.75, 3.05) is 17.2 Å². The van der Waals surface area contributed by atoms with E-state index < -0.39 is 0 Å². The highest BCUT2D eigenvalue weighted by Gasteiger charge is 2.10. The lowest BCUT2D eigenvalue weighted by atomic mass is 10.2. The van der Waals surface area contributed by atoms with Gasteiger partial charge in [0.1, 0.15) is 10.7 Å². The van der Waals surface area contributed by atoms with Crippen molar-refractivity contribution in [2.45, 2.75) is 20.4 Å². The average molecular weight is 248 g/mol. The summed E-state index contributed by atoms with van der Waals surface area (Å²) >= 11 is 1.25. The van der Waals surface area contributed by atoms with Crippen molar-refractivity contribution in [1.82, 2.24) is 9.59 Å². The Labute approximate surface area is 105 Å². The first-order valence-corrected chi connectivity index (χ1v) is 6.36. The molecule has 0 saturated heterocycles. The minimum Gasteiger partial charge on any atom is -0.388 e. The highest BCUT2D eigenvalue weighted by molar-refractivity contribution is 7.09. The summed E-state index contributed by atoms with van der Waals surface area (Å²) in [6.45, 7) is 5.84. The molecule has 17 heavy (non-hydrogen) atoms. The maximum absolute atomic E-state index is 5.82. The Morgan fingerprint density at radius 1 is 1.41 bits per heavy atom. The molecule has 0 atom stereocenters. The van der Waals surface area contributed by atoms with Crippen LogP contribution in [-0.4, -0.2) is 16.1 Å². The molecular weight excluding hydrogens is 232 g/mol. The van der Waals surface area contributed by atoms with E-state index in [9.17, 15) is 0 Å². The summed E-state index contributed by atoms with van der Waals surface area (Å²) in [6.07, 6.45) is 0. The summed E-state index contributed by atoms with van der Waals surface area (Å²) in [5.41, 5.74) is 9.13. The smallest absolute Gasteiger partial charge is 0.132 e. The van der Waals surface area contributed by atoms with Crippen LogP contribution in [0.3, 0.4) is 0 Å². The van der Waals surface area contributed by atoms with E-state index in [2.05, 4.69) is 52.6 Å². The minimum absolute atomic E-state index is 0.705. The van der Waals surface area contributed by atoms with Crippen molar-refractivity contribution >= 4 is 22.2 Å². The molecule has 0 unspecified atom stereocenters. The molecule has 0 aliphatic carbocycles. The van der Waals surface area contributed by atoms with Crippen molar-refractivity contribution in [3.05, 3.63) is 35.5 Å². The second-order valence-corrected chi connectivity index (χ2v) is 4.72. The van der Waals surface area contributed by atoms with E-state index in [0.717, 1.165) is 12.2 Å². The molecule has 0 spiro atoms. The van der Waals surface area contributed by atoms with Gasteiger partial charge in [-0.15, -0.1) is 5.10 Å². The van der Waals surface area contributed by atoms with Crippen LogP contribution in [0.5, 0.6) is 0 Å². The van der Waals surface area contributed by atoms with E-state index in [0.29, 0.717) is 11.5 Å². The monoisotopic (exact) mass is 248 g/mol. The van der Waals surface area contributed by atoms with Gasteiger partial charge in [-0.3, -0.25) is 0 Å². The molecular formula is C12H16N4S. The molecule has 0 fully saturated rings. The number of aromatic nitrogens is 2. The summed E-state index contributed by atoms with van der Waals surface area (Å²) in [4.78, 5) is 2.24. The molecule has 2 rings (SSSR count).